The average molecular weight is 353 g/mol. The molecule has 100 valence electrons. The molecule has 5 heteroatoms. The highest BCUT2D eigenvalue weighted by atomic mass is 79.9. The lowest BCUT2D eigenvalue weighted by Gasteiger charge is -2.23. The summed E-state index contributed by atoms with van der Waals surface area (Å²) in [5.41, 5.74) is 0.974. The highest BCUT2D eigenvalue weighted by Gasteiger charge is 2.26. The molecule has 18 heavy (non-hydrogen) atoms. The van der Waals surface area contributed by atoms with E-state index in [2.05, 4.69) is 35.1 Å². The van der Waals surface area contributed by atoms with Gasteiger partial charge in [-0.3, -0.25) is 0 Å². The zero-order chi connectivity index (χ0) is 13.3. The van der Waals surface area contributed by atoms with Gasteiger partial charge in [-0.2, -0.15) is 0 Å². The van der Waals surface area contributed by atoms with Crippen LogP contribution in [0.1, 0.15) is 38.3 Å². The molecule has 0 aliphatic carbocycles. The maximum atomic E-state index is 6.41. The molecule has 1 aromatic rings. The maximum Gasteiger partial charge on any atom is 0.144 e. The van der Waals surface area contributed by atoms with Crippen LogP contribution >= 0.6 is 39.1 Å². The van der Waals surface area contributed by atoms with Crippen molar-refractivity contribution in [3.05, 3.63) is 26.1 Å². The third-order valence-corrected chi connectivity index (χ3v) is 4.47. The Morgan fingerprint density at radius 1 is 1.44 bits per heavy atom. The Bertz CT molecular complexity index is 451. The zero-order valence-corrected chi connectivity index (χ0v) is 13.5. The molecular formula is C13H16BrCl2NO. The van der Waals surface area contributed by atoms with E-state index in [1.54, 1.807) is 6.07 Å². The van der Waals surface area contributed by atoms with Crippen LogP contribution in [0.25, 0.3) is 0 Å². The van der Waals surface area contributed by atoms with Crippen molar-refractivity contribution < 1.29 is 4.74 Å². The van der Waals surface area contributed by atoms with E-state index in [0.29, 0.717) is 22.7 Å². The third kappa shape index (κ3) is 2.96. The molecule has 0 aromatic heterocycles. The van der Waals surface area contributed by atoms with Crippen molar-refractivity contribution in [2.45, 2.75) is 38.8 Å². The predicted molar refractivity (Wildman–Crippen MR) is 79.9 cm³/mol. The fourth-order valence-corrected chi connectivity index (χ4v) is 3.34. The summed E-state index contributed by atoms with van der Waals surface area (Å²) in [6.07, 6.45) is 1.99. The number of fused-ring (bicyclic) bond motifs is 1. The number of hydrogen-bond acceptors (Lipinski definition) is 2. The van der Waals surface area contributed by atoms with Gasteiger partial charge in [0.15, 0.2) is 0 Å². The lowest BCUT2D eigenvalue weighted by molar-refractivity contribution is 0.314. The monoisotopic (exact) mass is 351 g/mol. The van der Waals surface area contributed by atoms with Gasteiger partial charge in [0.1, 0.15) is 5.75 Å². The SMILES string of the molecule is CC(C)NC1CCCOc2c(Cl)cc(Br)c(Cl)c21. The molecule has 0 amide bonds. The van der Waals surface area contributed by atoms with Gasteiger partial charge in [-0.05, 0) is 34.8 Å². The molecule has 0 spiro atoms. The largest absolute Gasteiger partial charge is 0.492 e. The molecule has 0 saturated heterocycles. The Morgan fingerprint density at radius 3 is 2.83 bits per heavy atom. The van der Waals surface area contributed by atoms with E-state index >= 15 is 0 Å². The van der Waals surface area contributed by atoms with E-state index in [4.69, 9.17) is 27.9 Å². The van der Waals surface area contributed by atoms with E-state index in [1.165, 1.54) is 0 Å². The fourth-order valence-electron chi connectivity index (χ4n) is 2.23. The summed E-state index contributed by atoms with van der Waals surface area (Å²) in [6.45, 7) is 4.93. The van der Waals surface area contributed by atoms with Crippen molar-refractivity contribution in [2.24, 2.45) is 0 Å². The van der Waals surface area contributed by atoms with Gasteiger partial charge < -0.3 is 10.1 Å². The molecule has 2 nitrogen and oxygen atoms in total. The van der Waals surface area contributed by atoms with E-state index in [-0.39, 0.29) is 6.04 Å². The first kappa shape index (κ1) is 14.4. The molecule has 0 saturated carbocycles. The molecular weight excluding hydrogens is 337 g/mol. The average Bonchev–Trinajstić information content (AvgIpc) is 2.48. The third-order valence-electron chi connectivity index (χ3n) is 2.93. The van der Waals surface area contributed by atoms with Crippen LogP contribution in [0, 0.1) is 0 Å². The van der Waals surface area contributed by atoms with Gasteiger partial charge in [0, 0.05) is 22.1 Å². The van der Waals surface area contributed by atoms with Crippen LogP contribution in [0.15, 0.2) is 10.5 Å². The Hall–Kier alpha value is 0.0400. The van der Waals surface area contributed by atoms with Crippen molar-refractivity contribution in [1.82, 2.24) is 5.32 Å². The summed E-state index contributed by atoms with van der Waals surface area (Å²) in [4.78, 5) is 0. The summed E-state index contributed by atoms with van der Waals surface area (Å²) < 4.78 is 6.56. The molecule has 1 unspecified atom stereocenters. The first-order valence-corrected chi connectivity index (χ1v) is 7.61. The first-order chi connectivity index (χ1) is 8.50. The zero-order valence-electron chi connectivity index (χ0n) is 10.4. The van der Waals surface area contributed by atoms with Crippen molar-refractivity contribution in [3.8, 4) is 5.75 Å². The van der Waals surface area contributed by atoms with Crippen LogP contribution in [-0.4, -0.2) is 12.6 Å². The maximum absolute atomic E-state index is 6.41. The van der Waals surface area contributed by atoms with E-state index in [0.717, 1.165) is 28.6 Å². The topological polar surface area (TPSA) is 21.3 Å². The molecule has 1 aromatic carbocycles. The number of ether oxygens (including phenoxy) is 1. The van der Waals surface area contributed by atoms with Crippen molar-refractivity contribution in [2.75, 3.05) is 6.61 Å². The Kier molecular flexibility index (Phi) is 4.81. The Labute approximate surface area is 126 Å². The Balaban J connectivity index is 2.51. The van der Waals surface area contributed by atoms with Crippen molar-refractivity contribution in [1.29, 1.82) is 0 Å². The van der Waals surface area contributed by atoms with Crippen LogP contribution < -0.4 is 10.1 Å². The van der Waals surface area contributed by atoms with Gasteiger partial charge in [-0.25, -0.2) is 0 Å². The Morgan fingerprint density at radius 2 is 2.17 bits per heavy atom. The van der Waals surface area contributed by atoms with Gasteiger partial charge in [0.2, 0.25) is 0 Å². The standard InChI is InChI=1S/C13H16BrCl2NO/c1-7(2)17-10-4-3-5-18-13-9(15)6-8(14)12(16)11(10)13/h6-7,10,17H,3-5H2,1-2H3. The molecule has 0 bridgehead atoms. The number of nitrogens with one attached hydrogen (secondary N) is 1. The number of rotatable bonds is 2. The lowest BCUT2D eigenvalue weighted by Crippen LogP contribution is -2.28. The number of halogens is 3. The minimum Gasteiger partial charge on any atom is -0.492 e. The molecule has 1 N–H and O–H groups in total. The van der Waals surface area contributed by atoms with Crippen LogP contribution in [0.3, 0.4) is 0 Å². The van der Waals surface area contributed by atoms with Crippen molar-refractivity contribution >= 4 is 39.1 Å². The second-order valence-corrected chi connectivity index (χ2v) is 6.40. The highest BCUT2D eigenvalue weighted by Crippen LogP contribution is 2.45. The second kappa shape index (κ2) is 6.00. The summed E-state index contributed by atoms with van der Waals surface area (Å²) in [6, 6.07) is 2.36. The van der Waals surface area contributed by atoms with Gasteiger partial charge in [-0.1, -0.05) is 37.0 Å². The molecule has 2 rings (SSSR count). The number of hydrogen-bond donors (Lipinski definition) is 1. The van der Waals surface area contributed by atoms with E-state index in [1.807, 2.05) is 0 Å². The van der Waals surface area contributed by atoms with E-state index < -0.39 is 0 Å². The van der Waals surface area contributed by atoms with Gasteiger partial charge in [0.25, 0.3) is 0 Å². The van der Waals surface area contributed by atoms with E-state index in [9.17, 15) is 0 Å². The predicted octanol–water partition coefficient (Wildman–Crippen LogP) is 4.97. The molecule has 1 aliphatic heterocycles. The lowest BCUT2D eigenvalue weighted by atomic mass is 10.0. The quantitative estimate of drug-likeness (QED) is 0.759. The molecule has 1 atom stereocenters. The minimum absolute atomic E-state index is 0.185. The summed E-state index contributed by atoms with van der Waals surface area (Å²) in [7, 11) is 0. The minimum atomic E-state index is 0.185. The van der Waals surface area contributed by atoms with Gasteiger partial charge in [-0.15, -0.1) is 0 Å². The molecule has 1 aliphatic rings. The smallest absolute Gasteiger partial charge is 0.144 e. The van der Waals surface area contributed by atoms with Gasteiger partial charge in [0.05, 0.1) is 16.7 Å². The summed E-state index contributed by atoms with van der Waals surface area (Å²) >= 11 is 16.1. The first-order valence-electron chi connectivity index (χ1n) is 6.07. The molecule has 0 radical (unpaired) electrons. The second-order valence-electron chi connectivity index (χ2n) is 4.76. The fraction of sp³-hybridized carbons (Fsp3) is 0.538. The summed E-state index contributed by atoms with van der Waals surface area (Å²) in [5, 5.41) is 4.83. The molecule has 0 fully saturated rings. The van der Waals surface area contributed by atoms with Crippen LogP contribution in [-0.2, 0) is 0 Å². The highest BCUT2D eigenvalue weighted by molar-refractivity contribution is 9.10. The van der Waals surface area contributed by atoms with Crippen LogP contribution in [0.5, 0.6) is 5.75 Å². The number of benzene rings is 1. The van der Waals surface area contributed by atoms with Gasteiger partial charge >= 0.3 is 0 Å². The van der Waals surface area contributed by atoms with Crippen molar-refractivity contribution in [3.63, 3.8) is 0 Å². The normalized spacial score (nSPS) is 19.3. The molecule has 1 heterocycles. The summed E-state index contributed by atoms with van der Waals surface area (Å²) in [5.74, 6) is 0.723. The van der Waals surface area contributed by atoms with Crippen LogP contribution in [0.2, 0.25) is 10.0 Å². The van der Waals surface area contributed by atoms with Crippen LogP contribution in [0.4, 0.5) is 0 Å².